The summed E-state index contributed by atoms with van der Waals surface area (Å²) in [5.41, 5.74) is 0. The van der Waals surface area contributed by atoms with E-state index in [1.54, 1.807) is 11.8 Å². The van der Waals surface area contributed by atoms with Crippen molar-refractivity contribution in [3.63, 3.8) is 0 Å². The van der Waals surface area contributed by atoms with Gasteiger partial charge in [-0.2, -0.15) is 21.7 Å². The van der Waals surface area contributed by atoms with Gasteiger partial charge in [0.1, 0.15) is 0 Å². The minimum absolute atomic E-state index is 0. The van der Waals surface area contributed by atoms with E-state index >= 15 is 0 Å². The van der Waals surface area contributed by atoms with E-state index in [2.05, 4.69) is 0 Å². The third-order valence-electron chi connectivity index (χ3n) is 0. The summed E-state index contributed by atoms with van der Waals surface area (Å²) in [5.74, 6) is 0. The first kappa shape index (κ1) is 17.0. The van der Waals surface area contributed by atoms with Crippen molar-refractivity contribution in [3.8, 4) is 0 Å². The summed E-state index contributed by atoms with van der Waals surface area (Å²) in [5, 5.41) is 0. The molecule has 0 aliphatic heterocycles. The van der Waals surface area contributed by atoms with Gasteiger partial charge < -0.3 is 0 Å². The maximum absolute atomic E-state index is 2.04. The third-order valence-corrected chi connectivity index (χ3v) is 0. The van der Waals surface area contributed by atoms with Gasteiger partial charge in [-0.05, 0) is 12.5 Å². The predicted molar refractivity (Wildman–Crippen MR) is 36.3 cm³/mol. The van der Waals surface area contributed by atoms with Crippen molar-refractivity contribution < 1.29 is 0 Å². The van der Waals surface area contributed by atoms with Crippen LogP contribution in [0.3, 0.4) is 0 Å². The lowest BCUT2D eigenvalue weighted by atomic mass is 10.8. The first-order valence-corrected chi connectivity index (χ1v) is 2.45. The summed E-state index contributed by atoms with van der Waals surface area (Å²) in [7, 11) is 0. The predicted octanol–water partition coefficient (Wildman–Crippen LogP) is 0.656. The molecule has 0 spiro atoms. The Morgan fingerprint density at radius 2 is 1.20 bits per heavy atom. The van der Waals surface area contributed by atoms with Gasteiger partial charge in [-0.1, -0.05) is 0 Å². The van der Waals surface area contributed by atoms with Gasteiger partial charge in [0.25, 0.3) is 0 Å². The van der Waals surface area contributed by atoms with Crippen LogP contribution in [-0.4, -0.2) is 20.9 Å². The highest BCUT2D eigenvalue weighted by Gasteiger charge is 1.32. The molecular formula is C2H9BPS. The van der Waals surface area contributed by atoms with Gasteiger partial charge >= 0.3 is 0 Å². The Labute approximate surface area is 43.3 Å². The van der Waals surface area contributed by atoms with Crippen LogP contribution in [0.4, 0.5) is 0 Å². The van der Waals surface area contributed by atoms with Crippen LogP contribution in [0.25, 0.3) is 0 Å². The van der Waals surface area contributed by atoms with Crippen LogP contribution in [0.2, 0.25) is 0 Å². The van der Waals surface area contributed by atoms with E-state index in [1.807, 2.05) is 12.5 Å². The lowest BCUT2D eigenvalue weighted by Crippen LogP contribution is -1.25. The molecule has 0 aliphatic rings. The molecule has 1 atom stereocenters. The van der Waals surface area contributed by atoms with Crippen LogP contribution in [0.1, 0.15) is 0 Å². The molecule has 0 amide bonds. The Balaban J connectivity index is -0.0000000200. The summed E-state index contributed by atoms with van der Waals surface area (Å²) in [4.78, 5) is 0. The molecule has 0 rings (SSSR count). The van der Waals surface area contributed by atoms with Gasteiger partial charge in [0.05, 0.1) is 0 Å². The fourth-order valence-electron chi connectivity index (χ4n) is 0. The van der Waals surface area contributed by atoms with Crippen molar-refractivity contribution in [1.82, 2.24) is 0 Å². The van der Waals surface area contributed by atoms with E-state index in [4.69, 9.17) is 0 Å². The zero-order chi connectivity index (χ0) is 2.71. The first-order chi connectivity index (χ1) is 1.41. The number of rotatable bonds is 0. The zero-order valence-corrected chi connectivity index (χ0v) is 5.92. The molecule has 0 saturated carbocycles. The van der Waals surface area contributed by atoms with Crippen LogP contribution in [0, 0.1) is 0 Å². The van der Waals surface area contributed by atoms with Crippen molar-refractivity contribution in [3.05, 3.63) is 0 Å². The third kappa shape index (κ3) is 54.9. The van der Waals surface area contributed by atoms with E-state index in [0.29, 0.717) is 0 Å². The lowest BCUT2D eigenvalue weighted by Gasteiger charge is -1.51. The molecule has 5 heavy (non-hydrogen) atoms. The van der Waals surface area contributed by atoms with Crippen LogP contribution in [-0.2, 0) is 0 Å². The Morgan fingerprint density at radius 3 is 1.20 bits per heavy atom. The van der Waals surface area contributed by atoms with E-state index in [9.17, 15) is 0 Å². The van der Waals surface area contributed by atoms with Gasteiger partial charge in [0.2, 0.25) is 0 Å². The summed E-state index contributed by atoms with van der Waals surface area (Å²) >= 11 is 1.75. The summed E-state index contributed by atoms with van der Waals surface area (Å²) in [6, 6.07) is 0. The summed E-state index contributed by atoms with van der Waals surface area (Å²) < 4.78 is 0. The second-order valence-electron chi connectivity index (χ2n) is 0.408. The van der Waals surface area contributed by atoms with Crippen LogP contribution >= 0.6 is 21.7 Å². The van der Waals surface area contributed by atoms with E-state index in [1.165, 1.54) is 0 Å². The molecule has 0 heterocycles. The monoisotopic (exact) mass is 107 g/mol. The molecule has 0 bridgehead atoms. The quantitative estimate of drug-likeness (QED) is 0.323. The van der Waals surface area contributed by atoms with E-state index in [0.717, 1.165) is 0 Å². The van der Waals surface area contributed by atoms with Gasteiger partial charge in [0, 0.05) is 8.41 Å². The highest BCUT2D eigenvalue weighted by atomic mass is 32.2. The largest absolute Gasteiger partial charge is 0.169 e. The maximum Gasteiger partial charge on any atom is 0 e. The summed E-state index contributed by atoms with van der Waals surface area (Å²) in [6.45, 7) is 0. The van der Waals surface area contributed by atoms with Crippen LogP contribution < -0.4 is 0 Å². The van der Waals surface area contributed by atoms with Crippen molar-refractivity contribution in [1.29, 1.82) is 0 Å². The molecule has 1 unspecified atom stereocenters. The smallest absolute Gasteiger partial charge is 0 e. The Bertz CT molecular complexity index is 9.61. The molecule has 31 valence electrons. The molecule has 0 N–H and O–H groups in total. The van der Waals surface area contributed by atoms with E-state index < -0.39 is 0 Å². The first-order valence-electron chi connectivity index (χ1n) is 0.816. The number of thioether (sulfide) groups is 1. The van der Waals surface area contributed by atoms with Gasteiger partial charge in [-0.15, -0.1) is 0 Å². The Morgan fingerprint density at radius 1 is 1.20 bits per heavy atom. The molecule has 0 aromatic carbocycles. The molecule has 0 saturated heterocycles. The maximum atomic E-state index is 2.04. The second kappa shape index (κ2) is 21.0. The minimum atomic E-state index is 0. The molecule has 3 heteroatoms. The fraction of sp³-hybridized carbons (Fsp3) is 1.00. The topological polar surface area (TPSA) is 0 Å². The molecule has 0 aromatic rings. The fourth-order valence-corrected chi connectivity index (χ4v) is 0. The van der Waals surface area contributed by atoms with Gasteiger partial charge in [0.15, 0.2) is 0 Å². The Hall–Kier alpha value is 0.845. The standard InChI is InChI=1S/C2H6S.B.H3P/c1-3-2;;/h1-2H3;;1H3. The highest BCUT2D eigenvalue weighted by molar-refractivity contribution is 7.97. The number of hydrogen-bond acceptors (Lipinski definition) is 1. The second-order valence-corrected chi connectivity index (χ2v) is 1.22. The zero-order valence-electron chi connectivity index (χ0n) is 3.69. The van der Waals surface area contributed by atoms with Gasteiger partial charge in [-0.25, -0.2) is 0 Å². The average Bonchev–Trinajstić information content (AvgIpc) is 0.918. The van der Waals surface area contributed by atoms with Crippen molar-refractivity contribution in [2.24, 2.45) is 0 Å². The SMILES string of the molecule is CSC.P.[B]. The van der Waals surface area contributed by atoms with E-state index in [-0.39, 0.29) is 18.3 Å². The lowest BCUT2D eigenvalue weighted by molar-refractivity contribution is 2.37. The minimum Gasteiger partial charge on any atom is -0.169 e. The highest BCUT2D eigenvalue weighted by Crippen LogP contribution is 1.70. The molecule has 0 fully saturated rings. The van der Waals surface area contributed by atoms with Crippen molar-refractivity contribution >= 4 is 30.1 Å². The molecule has 0 nitrogen and oxygen atoms in total. The summed E-state index contributed by atoms with van der Waals surface area (Å²) in [6.07, 6.45) is 4.08. The normalized spacial score (nSPS) is 3.60. The average molecular weight is 107 g/mol. The Kier molecular flexibility index (Phi) is 71.3. The van der Waals surface area contributed by atoms with Crippen molar-refractivity contribution in [2.45, 2.75) is 0 Å². The van der Waals surface area contributed by atoms with Crippen LogP contribution in [0.15, 0.2) is 0 Å². The molecule has 0 aliphatic carbocycles. The molecular weight excluding hydrogens is 97.9 g/mol. The molecule has 3 radical (unpaired) electrons. The number of hydrogen-bond donors (Lipinski definition) is 0. The molecule has 0 aromatic heterocycles. The van der Waals surface area contributed by atoms with Crippen molar-refractivity contribution in [2.75, 3.05) is 12.5 Å². The van der Waals surface area contributed by atoms with Gasteiger partial charge in [-0.3, -0.25) is 0 Å². The van der Waals surface area contributed by atoms with Crippen LogP contribution in [0.5, 0.6) is 0 Å².